The summed E-state index contributed by atoms with van der Waals surface area (Å²) in [7, 11) is 0. The first-order valence-corrected chi connectivity index (χ1v) is 7.54. The maximum Gasteiger partial charge on any atom is 0.224 e. The number of benzene rings is 1. The summed E-state index contributed by atoms with van der Waals surface area (Å²) in [6, 6.07) is 8.53. The summed E-state index contributed by atoms with van der Waals surface area (Å²) >= 11 is 3.63. The largest absolute Gasteiger partial charge is 0.353 e. The second kappa shape index (κ2) is 6.37. The maximum absolute atomic E-state index is 12.0. The number of halogens is 1. The molecule has 0 aliphatic heterocycles. The zero-order valence-electron chi connectivity index (χ0n) is 10.8. The van der Waals surface area contributed by atoms with E-state index in [1.165, 1.54) is 5.56 Å². The van der Waals surface area contributed by atoms with Gasteiger partial charge in [0, 0.05) is 10.9 Å². The van der Waals surface area contributed by atoms with E-state index in [1.807, 2.05) is 12.1 Å². The summed E-state index contributed by atoms with van der Waals surface area (Å²) in [6.45, 7) is 2.05. The van der Waals surface area contributed by atoms with Gasteiger partial charge in [0.15, 0.2) is 0 Å². The molecule has 1 fully saturated rings. The van der Waals surface area contributed by atoms with Gasteiger partial charge in [0.2, 0.25) is 5.91 Å². The lowest BCUT2D eigenvalue weighted by atomic mass is 9.95. The van der Waals surface area contributed by atoms with Crippen LogP contribution in [0.15, 0.2) is 24.3 Å². The molecule has 0 heterocycles. The Morgan fingerprint density at radius 2 is 2.06 bits per heavy atom. The summed E-state index contributed by atoms with van der Waals surface area (Å²) in [6.07, 6.45) is 5.01. The Balaban J connectivity index is 1.82. The SMILES string of the molecule is Cc1cccc(CC(=O)NC2CCC(Br)CC2)c1. The number of carbonyl (C=O) groups is 1. The van der Waals surface area contributed by atoms with Crippen molar-refractivity contribution in [3.63, 3.8) is 0 Å². The standard InChI is InChI=1S/C15H20BrNO/c1-11-3-2-4-12(9-11)10-15(18)17-14-7-5-13(16)6-8-14/h2-4,9,13-14H,5-8,10H2,1H3,(H,17,18). The van der Waals surface area contributed by atoms with Crippen molar-refractivity contribution in [2.75, 3.05) is 0 Å². The number of amides is 1. The fraction of sp³-hybridized carbons (Fsp3) is 0.533. The molecule has 0 bridgehead atoms. The lowest BCUT2D eigenvalue weighted by molar-refractivity contribution is -0.121. The number of aryl methyl sites for hydroxylation is 1. The molecule has 2 nitrogen and oxygen atoms in total. The minimum absolute atomic E-state index is 0.152. The third kappa shape index (κ3) is 4.13. The second-order valence-electron chi connectivity index (χ2n) is 5.18. The highest BCUT2D eigenvalue weighted by molar-refractivity contribution is 9.09. The summed E-state index contributed by atoms with van der Waals surface area (Å²) in [5.74, 6) is 0.152. The fourth-order valence-corrected chi connectivity index (χ4v) is 3.01. The minimum atomic E-state index is 0.152. The molecule has 1 aliphatic rings. The highest BCUT2D eigenvalue weighted by Gasteiger charge is 2.20. The monoisotopic (exact) mass is 309 g/mol. The molecule has 98 valence electrons. The molecule has 0 spiro atoms. The normalized spacial score (nSPS) is 23.7. The molecule has 1 aromatic carbocycles. The van der Waals surface area contributed by atoms with Crippen LogP contribution in [0.25, 0.3) is 0 Å². The highest BCUT2D eigenvalue weighted by Crippen LogP contribution is 2.24. The van der Waals surface area contributed by atoms with Crippen molar-refractivity contribution in [3.05, 3.63) is 35.4 Å². The van der Waals surface area contributed by atoms with Crippen LogP contribution in [0.5, 0.6) is 0 Å². The van der Waals surface area contributed by atoms with Gasteiger partial charge < -0.3 is 5.32 Å². The molecule has 0 radical (unpaired) electrons. The number of hydrogen-bond acceptors (Lipinski definition) is 1. The van der Waals surface area contributed by atoms with Crippen LogP contribution in [-0.4, -0.2) is 16.8 Å². The predicted octanol–water partition coefficient (Wildman–Crippen LogP) is 3.36. The Morgan fingerprint density at radius 1 is 1.33 bits per heavy atom. The van der Waals surface area contributed by atoms with Gasteiger partial charge in [-0.15, -0.1) is 0 Å². The van der Waals surface area contributed by atoms with Crippen molar-refractivity contribution in [3.8, 4) is 0 Å². The molecule has 1 aromatic rings. The van der Waals surface area contributed by atoms with E-state index < -0.39 is 0 Å². The average Bonchev–Trinajstić information content (AvgIpc) is 2.32. The third-order valence-electron chi connectivity index (χ3n) is 3.47. The van der Waals surface area contributed by atoms with Crippen LogP contribution in [0.3, 0.4) is 0 Å². The third-order valence-corrected chi connectivity index (χ3v) is 4.38. The Bertz CT molecular complexity index is 411. The van der Waals surface area contributed by atoms with Crippen molar-refractivity contribution in [2.24, 2.45) is 0 Å². The van der Waals surface area contributed by atoms with Crippen LogP contribution >= 0.6 is 15.9 Å². The lowest BCUT2D eigenvalue weighted by Crippen LogP contribution is -2.38. The highest BCUT2D eigenvalue weighted by atomic mass is 79.9. The molecule has 1 amide bonds. The van der Waals surface area contributed by atoms with Crippen LogP contribution < -0.4 is 5.32 Å². The molecule has 0 saturated heterocycles. The van der Waals surface area contributed by atoms with E-state index in [9.17, 15) is 4.79 Å². The molecule has 0 aromatic heterocycles. The van der Waals surface area contributed by atoms with Crippen molar-refractivity contribution in [1.82, 2.24) is 5.32 Å². The molecule has 0 unspecified atom stereocenters. The fourth-order valence-electron chi connectivity index (χ4n) is 2.48. The number of rotatable bonds is 3. The summed E-state index contributed by atoms with van der Waals surface area (Å²) in [4.78, 5) is 12.6. The van der Waals surface area contributed by atoms with E-state index in [0.29, 0.717) is 17.3 Å². The summed E-state index contributed by atoms with van der Waals surface area (Å²) < 4.78 is 0. The Kier molecular flexibility index (Phi) is 4.81. The van der Waals surface area contributed by atoms with Gasteiger partial charge in [-0.25, -0.2) is 0 Å². The molecule has 1 saturated carbocycles. The molecule has 18 heavy (non-hydrogen) atoms. The van der Waals surface area contributed by atoms with E-state index in [-0.39, 0.29) is 5.91 Å². The zero-order chi connectivity index (χ0) is 13.0. The van der Waals surface area contributed by atoms with Crippen LogP contribution in [0.1, 0.15) is 36.8 Å². The van der Waals surface area contributed by atoms with E-state index >= 15 is 0 Å². The minimum Gasteiger partial charge on any atom is -0.353 e. The topological polar surface area (TPSA) is 29.1 Å². The molecular formula is C15H20BrNO. The first-order valence-electron chi connectivity index (χ1n) is 6.62. The molecule has 3 heteroatoms. The molecule has 1 aliphatic carbocycles. The van der Waals surface area contributed by atoms with Crippen LogP contribution in [0.4, 0.5) is 0 Å². The Morgan fingerprint density at radius 3 is 2.72 bits per heavy atom. The summed E-state index contributed by atoms with van der Waals surface area (Å²) in [5.41, 5.74) is 2.31. The Hall–Kier alpha value is -0.830. The first-order chi connectivity index (χ1) is 8.63. The molecule has 0 atom stereocenters. The predicted molar refractivity (Wildman–Crippen MR) is 78.0 cm³/mol. The average molecular weight is 310 g/mol. The van der Waals surface area contributed by atoms with Crippen molar-refractivity contribution < 1.29 is 4.79 Å². The quantitative estimate of drug-likeness (QED) is 0.852. The Labute approximate surface area is 117 Å². The van der Waals surface area contributed by atoms with Crippen LogP contribution in [0, 0.1) is 6.92 Å². The van der Waals surface area contributed by atoms with Crippen molar-refractivity contribution in [1.29, 1.82) is 0 Å². The van der Waals surface area contributed by atoms with Crippen LogP contribution in [-0.2, 0) is 11.2 Å². The van der Waals surface area contributed by atoms with Gasteiger partial charge in [0.25, 0.3) is 0 Å². The van der Waals surface area contributed by atoms with E-state index in [4.69, 9.17) is 0 Å². The van der Waals surface area contributed by atoms with Gasteiger partial charge in [0.05, 0.1) is 6.42 Å². The van der Waals surface area contributed by atoms with Gasteiger partial charge in [-0.2, -0.15) is 0 Å². The smallest absolute Gasteiger partial charge is 0.224 e. The summed E-state index contributed by atoms with van der Waals surface area (Å²) in [5, 5.41) is 3.15. The maximum atomic E-state index is 12.0. The number of carbonyl (C=O) groups excluding carboxylic acids is 1. The number of nitrogens with one attached hydrogen (secondary N) is 1. The van der Waals surface area contributed by atoms with Gasteiger partial charge in [-0.1, -0.05) is 45.8 Å². The number of alkyl halides is 1. The second-order valence-corrected chi connectivity index (χ2v) is 6.48. The van der Waals surface area contributed by atoms with Gasteiger partial charge in [0.1, 0.15) is 0 Å². The number of hydrogen-bond donors (Lipinski definition) is 1. The lowest BCUT2D eigenvalue weighted by Gasteiger charge is -2.26. The zero-order valence-corrected chi connectivity index (χ0v) is 12.4. The van der Waals surface area contributed by atoms with Crippen LogP contribution in [0.2, 0.25) is 0 Å². The van der Waals surface area contributed by atoms with E-state index in [2.05, 4.69) is 40.3 Å². The van der Waals surface area contributed by atoms with E-state index in [0.717, 1.165) is 31.2 Å². The molecular weight excluding hydrogens is 290 g/mol. The van der Waals surface area contributed by atoms with E-state index in [1.54, 1.807) is 0 Å². The van der Waals surface area contributed by atoms with Gasteiger partial charge in [-0.3, -0.25) is 4.79 Å². The first kappa shape index (κ1) is 13.6. The molecule has 2 rings (SSSR count). The van der Waals surface area contributed by atoms with Gasteiger partial charge >= 0.3 is 0 Å². The van der Waals surface area contributed by atoms with Gasteiger partial charge in [-0.05, 0) is 38.2 Å². The molecule has 1 N–H and O–H groups in total. The van der Waals surface area contributed by atoms with Crippen molar-refractivity contribution in [2.45, 2.75) is 49.9 Å². The van der Waals surface area contributed by atoms with Crippen molar-refractivity contribution >= 4 is 21.8 Å².